The Labute approximate surface area is 163 Å². The van der Waals surface area contributed by atoms with Gasteiger partial charge in [0.25, 0.3) is 5.69 Å². The molecule has 0 aliphatic carbocycles. The summed E-state index contributed by atoms with van der Waals surface area (Å²) in [6, 6.07) is 25.5. The second kappa shape index (κ2) is 9.43. The van der Waals surface area contributed by atoms with Crippen LogP contribution in [-0.4, -0.2) is 21.8 Å². The summed E-state index contributed by atoms with van der Waals surface area (Å²) in [5.41, 5.74) is 6.19. The van der Waals surface area contributed by atoms with E-state index in [0.717, 1.165) is 11.1 Å². The van der Waals surface area contributed by atoms with E-state index < -0.39 is 11.0 Å². The average Bonchev–Trinajstić information content (AvgIpc) is 2.73. The zero-order chi connectivity index (χ0) is 19.8. The smallest absolute Gasteiger partial charge is 0.269 e. The van der Waals surface area contributed by atoms with Crippen LogP contribution in [0.1, 0.15) is 11.1 Å². The van der Waals surface area contributed by atoms with Crippen molar-refractivity contribution in [3.63, 3.8) is 0 Å². The summed E-state index contributed by atoms with van der Waals surface area (Å²) in [5.74, 6) is 0. The number of rotatable bonds is 8. The Morgan fingerprint density at radius 3 is 2.07 bits per heavy atom. The van der Waals surface area contributed by atoms with Crippen molar-refractivity contribution in [3.05, 3.63) is 106 Å². The van der Waals surface area contributed by atoms with Gasteiger partial charge in [-0.05, 0) is 23.3 Å². The zero-order valence-corrected chi connectivity index (χ0v) is 15.2. The summed E-state index contributed by atoms with van der Waals surface area (Å²) in [4.78, 5) is 10.3. The van der Waals surface area contributed by atoms with Gasteiger partial charge in [-0.25, -0.2) is 0 Å². The van der Waals surface area contributed by atoms with Crippen molar-refractivity contribution in [2.45, 2.75) is 18.9 Å². The molecule has 142 valence electrons. The van der Waals surface area contributed by atoms with E-state index in [9.17, 15) is 15.2 Å². The first-order valence-electron chi connectivity index (χ1n) is 8.94. The highest BCUT2D eigenvalue weighted by Crippen LogP contribution is 2.16. The first-order valence-corrected chi connectivity index (χ1v) is 8.94. The number of nitrogens with one attached hydrogen (secondary N) is 1. The summed E-state index contributed by atoms with van der Waals surface area (Å²) < 4.78 is 0. The number of nitrogens with zero attached hydrogens (tertiary/aromatic N) is 2. The predicted octanol–water partition coefficient (Wildman–Crippen LogP) is 4.21. The summed E-state index contributed by atoms with van der Waals surface area (Å²) in [7, 11) is 0. The van der Waals surface area contributed by atoms with Crippen molar-refractivity contribution in [3.8, 4) is 0 Å². The Hall–Kier alpha value is -3.51. The van der Waals surface area contributed by atoms with Crippen molar-refractivity contribution in [1.82, 2.24) is 0 Å². The van der Waals surface area contributed by atoms with Crippen LogP contribution < -0.4 is 5.43 Å². The molecule has 6 nitrogen and oxygen atoms in total. The Bertz CT molecular complexity index is 926. The molecule has 0 saturated carbocycles. The van der Waals surface area contributed by atoms with Crippen molar-refractivity contribution < 1.29 is 10.0 Å². The lowest BCUT2D eigenvalue weighted by Crippen LogP contribution is -2.26. The maximum atomic E-state index is 10.8. The van der Waals surface area contributed by atoms with E-state index in [0.29, 0.717) is 24.2 Å². The molecule has 0 radical (unpaired) electrons. The topological polar surface area (TPSA) is 87.8 Å². The van der Waals surface area contributed by atoms with Gasteiger partial charge in [-0.2, -0.15) is 5.10 Å². The normalized spacial score (nSPS) is 12.4. The highest BCUT2D eigenvalue weighted by Gasteiger charge is 2.15. The van der Waals surface area contributed by atoms with Crippen molar-refractivity contribution in [2.75, 3.05) is 5.43 Å². The summed E-state index contributed by atoms with van der Waals surface area (Å²) >= 11 is 0. The number of anilines is 1. The molecule has 0 bridgehead atoms. The highest BCUT2D eigenvalue weighted by atomic mass is 16.6. The van der Waals surface area contributed by atoms with E-state index in [4.69, 9.17) is 0 Å². The SMILES string of the molecule is O=[N+]([O-])c1ccc(N/N=C(/Cc2ccccc2)[C@@H](O)Cc2ccccc2)cc1. The number of aliphatic hydroxyl groups excluding tert-OH is 1. The minimum Gasteiger partial charge on any atom is -0.387 e. The second-order valence-electron chi connectivity index (χ2n) is 6.39. The molecule has 0 fully saturated rings. The van der Waals surface area contributed by atoms with Crippen LogP contribution in [0.2, 0.25) is 0 Å². The van der Waals surface area contributed by atoms with Gasteiger partial charge in [0.05, 0.1) is 22.4 Å². The van der Waals surface area contributed by atoms with E-state index in [-0.39, 0.29) is 5.69 Å². The Morgan fingerprint density at radius 1 is 0.929 bits per heavy atom. The Kier molecular flexibility index (Phi) is 6.49. The van der Waals surface area contributed by atoms with Gasteiger partial charge in [-0.3, -0.25) is 15.5 Å². The van der Waals surface area contributed by atoms with E-state index >= 15 is 0 Å². The number of hydrogen-bond acceptors (Lipinski definition) is 5. The van der Waals surface area contributed by atoms with Gasteiger partial charge in [0.1, 0.15) is 0 Å². The lowest BCUT2D eigenvalue weighted by Gasteiger charge is -2.15. The summed E-state index contributed by atoms with van der Waals surface area (Å²) in [6.07, 6.45) is 0.191. The third kappa shape index (κ3) is 5.49. The molecular weight excluding hydrogens is 354 g/mol. The number of nitro groups is 1. The number of nitro benzene ring substituents is 1. The third-order valence-corrected chi connectivity index (χ3v) is 4.29. The van der Waals surface area contributed by atoms with Gasteiger partial charge in [-0.1, -0.05) is 60.7 Å². The molecule has 0 spiro atoms. The van der Waals surface area contributed by atoms with Crippen molar-refractivity contribution in [2.24, 2.45) is 5.10 Å². The van der Waals surface area contributed by atoms with Crippen LogP contribution in [0.15, 0.2) is 90.0 Å². The molecule has 0 aliphatic heterocycles. The van der Waals surface area contributed by atoms with Crippen LogP contribution in [0.25, 0.3) is 0 Å². The highest BCUT2D eigenvalue weighted by molar-refractivity contribution is 5.91. The molecule has 3 rings (SSSR count). The minimum atomic E-state index is -0.756. The first-order chi connectivity index (χ1) is 13.6. The molecule has 0 unspecified atom stereocenters. The van der Waals surface area contributed by atoms with Crippen LogP contribution in [0.5, 0.6) is 0 Å². The van der Waals surface area contributed by atoms with Crippen LogP contribution in [0.4, 0.5) is 11.4 Å². The molecule has 0 aromatic heterocycles. The van der Waals surface area contributed by atoms with E-state index in [1.54, 1.807) is 12.1 Å². The van der Waals surface area contributed by atoms with E-state index in [1.165, 1.54) is 12.1 Å². The Balaban J connectivity index is 1.78. The van der Waals surface area contributed by atoms with Gasteiger partial charge in [-0.15, -0.1) is 0 Å². The van der Waals surface area contributed by atoms with Crippen molar-refractivity contribution >= 4 is 17.1 Å². The summed E-state index contributed by atoms with van der Waals surface area (Å²) in [5, 5.41) is 25.9. The molecule has 3 aromatic rings. The standard InChI is InChI=1S/C22H21N3O3/c26-22(16-18-9-5-2-6-10-18)21(15-17-7-3-1-4-8-17)24-23-19-11-13-20(14-12-19)25(27)28/h1-14,22-23,26H,15-16H2/b24-21-/t22-/m0/s1. The number of benzene rings is 3. The molecule has 1 atom stereocenters. The molecule has 0 amide bonds. The maximum absolute atomic E-state index is 10.8. The molecule has 2 N–H and O–H groups in total. The molecule has 0 aliphatic rings. The minimum absolute atomic E-state index is 0.0168. The first kappa shape index (κ1) is 19.3. The van der Waals surface area contributed by atoms with E-state index in [1.807, 2.05) is 60.7 Å². The fraction of sp³-hybridized carbons (Fsp3) is 0.136. The van der Waals surface area contributed by atoms with Gasteiger partial charge in [0.2, 0.25) is 0 Å². The molecule has 0 heterocycles. The number of hydrazone groups is 1. The number of non-ortho nitro benzene ring substituents is 1. The second-order valence-corrected chi connectivity index (χ2v) is 6.39. The monoisotopic (exact) mass is 375 g/mol. The lowest BCUT2D eigenvalue weighted by atomic mass is 9.99. The Morgan fingerprint density at radius 2 is 1.50 bits per heavy atom. The zero-order valence-electron chi connectivity index (χ0n) is 15.2. The van der Waals surface area contributed by atoms with Gasteiger partial charge in [0, 0.05) is 25.0 Å². The predicted molar refractivity (Wildman–Crippen MR) is 110 cm³/mol. The van der Waals surface area contributed by atoms with E-state index in [2.05, 4.69) is 10.5 Å². The van der Waals surface area contributed by atoms with Gasteiger partial charge < -0.3 is 5.11 Å². The molecule has 6 heteroatoms. The van der Waals surface area contributed by atoms with Crippen LogP contribution in [0.3, 0.4) is 0 Å². The maximum Gasteiger partial charge on any atom is 0.269 e. The fourth-order valence-electron chi connectivity index (χ4n) is 2.79. The molecule has 0 saturated heterocycles. The van der Waals surface area contributed by atoms with Gasteiger partial charge >= 0.3 is 0 Å². The summed E-state index contributed by atoms with van der Waals surface area (Å²) in [6.45, 7) is 0. The van der Waals surface area contributed by atoms with Crippen LogP contribution in [0, 0.1) is 10.1 Å². The molecular formula is C22H21N3O3. The third-order valence-electron chi connectivity index (χ3n) is 4.29. The largest absolute Gasteiger partial charge is 0.387 e. The van der Waals surface area contributed by atoms with Crippen LogP contribution in [-0.2, 0) is 12.8 Å². The average molecular weight is 375 g/mol. The van der Waals surface area contributed by atoms with Crippen molar-refractivity contribution in [1.29, 1.82) is 0 Å². The molecule has 3 aromatic carbocycles. The number of hydrogen-bond donors (Lipinski definition) is 2. The van der Waals surface area contributed by atoms with Crippen LogP contribution >= 0.6 is 0 Å². The quantitative estimate of drug-likeness (QED) is 0.351. The van der Waals surface area contributed by atoms with Gasteiger partial charge in [0.15, 0.2) is 0 Å². The lowest BCUT2D eigenvalue weighted by molar-refractivity contribution is -0.384. The molecule has 28 heavy (non-hydrogen) atoms. The fourth-order valence-corrected chi connectivity index (χ4v) is 2.79. The number of aliphatic hydroxyl groups is 1.